The smallest absolute Gasteiger partial charge is 0.340 e. The molecule has 1 aliphatic heterocycles. The van der Waals surface area contributed by atoms with Gasteiger partial charge in [0, 0.05) is 16.1 Å². The normalized spacial score (nSPS) is 15.9. The Balaban J connectivity index is 1.75. The van der Waals surface area contributed by atoms with Crippen molar-refractivity contribution in [2.24, 2.45) is 0 Å². The van der Waals surface area contributed by atoms with Crippen LogP contribution in [0.15, 0.2) is 66.0 Å². The highest BCUT2D eigenvalue weighted by Gasteiger charge is 2.35. The molecule has 0 fully saturated rings. The average molecular weight is 335 g/mol. The minimum absolute atomic E-state index is 0.251. The zero-order valence-corrected chi connectivity index (χ0v) is 14.1. The van der Waals surface area contributed by atoms with Gasteiger partial charge in [0.2, 0.25) is 6.23 Å². The fourth-order valence-corrected chi connectivity index (χ4v) is 3.68. The molecular weight excluding hydrogens is 318 g/mol. The Morgan fingerprint density at radius 1 is 1.04 bits per heavy atom. The van der Waals surface area contributed by atoms with Gasteiger partial charge in [0.15, 0.2) is 0 Å². The molecule has 1 unspecified atom stereocenters. The van der Waals surface area contributed by atoms with Gasteiger partial charge >= 0.3 is 5.97 Å². The minimum Gasteiger partial charge on any atom is -0.434 e. The molecule has 0 radical (unpaired) electrons. The molecular formula is C20H17NO2S. The van der Waals surface area contributed by atoms with E-state index in [4.69, 9.17) is 4.74 Å². The molecule has 4 rings (SSSR count). The fraction of sp³-hybridized carbons (Fsp3) is 0.150. The van der Waals surface area contributed by atoms with Crippen LogP contribution in [-0.2, 0) is 11.3 Å². The third kappa shape index (κ3) is 2.69. The lowest BCUT2D eigenvalue weighted by Crippen LogP contribution is -2.28. The monoisotopic (exact) mass is 335 g/mol. The first kappa shape index (κ1) is 15.0. The van der Waals surface area contributed by atoms with E-state index in [0.717, 1.165) is 11.3 Å². The molecule has 0 spiro atoms. The van der Waals surface area contributed by atoms with Crippen LogP contribution in [0, 0.1) is 6.92 Å². The Bertz CT molecular complexity index is 856. The van der Waals surface area contributed by atoms with Gasteiger partial charge in [0.05, 0.1) is 12.1 Å². The van der Waals surface area contributed by atoms with Crippen molar-refractivity contribution in [2.45, 2.75) is 19.7 Å². The lowest BCUT2D eigenvalue weighted by molar-refractivity contribution is 0.0375. The van der Waals surface area contributed by atoms with Crippen LogP contribution < -0.4 is 4.90 Å². The molecule has 0 aliphatic carbocycles. The Hall–Kier alpha value is -2.59. The predicted molar refractivity (Wildman–Crippen MR) is 96.3 cm³/mol. The molecule has 3 nitrogen and oxygen atoms in total. The molecule has 4 heteroatoms. The Morgan fingerprint density at radius 3 is 2.58 bits per heavy atom. The van der Waals surface area contributed by atoms with E-state index in [1.165, 1.54) is 10.4 Å². The van der Waals surface area contributed by atoms with Crippen molar-refractivity contribution in [1.29, 1.82) is 0 Å². The summed E-state index contributed by atoms with van der Waals surface area (Å²) >= 11 is 1.71. The van der Waals surface area contributed by atoms with Gasteiger partial charge in [-0.2, -0.15) is 0 Å². The summed E-state index contributed by atoms with van der Waals surface area (Å²) in [4.78, 5) is 15.6. The van der Waals surface area contributed by atoms with Gasteiger partial charge in [-0.25, -0.2) is 4.79 Å². The Kier molecular flexibility index (Phi) is 3.82. The quantitative estimate of drug-likeness (QED) is 0.633. The van der Waals surface area contributed by atoms with Crippen molar-refractivity contribution in [1.82, 2.24) is 0 Å². The summed E-state index contributed by atoms with van der Waals surface area (Å²) in [6.45, 7) is 2.77. The van der Waals surface area contributed by atoms with E-state index in [1.807, 2.05) is 30.3 Å². The van der Waals surface area contributed by atoms with Crippen LogP contribution in [0.4, 0.5) is 5.69 Å². The van der Waals surface area contributed by atoms with E-state index >= 15 is 0 Å². The molecule has 24 heavy (non-hydrogen) atoms. The number of anilines is 1. The molecule has 2 aromatic carbocycles. The molecule has 0 bridgehead atoms. The van der Waals surface area contributed by atoms with Crippen LogP contribution in [-0.4, -0.2) is 5.97 Å². The van der Waals surface area contributed by atoms with Gasteiger partial charge in [-0.15, -0.1) is 11.3 Å². The van der Waals surface area contributed by atoms with Crippen molar-refractivity contribution in [3.63, 3.8) is 0 Å². The molecule has 0 saturated carbocycles. The zero-order valence-electron chi connectivity index (χ0n) is 13.3. The van der Waals surface area contributed by atoms with Crippen molar-refractivity contribution in [2.75, 3.05) is 4.90 Å². The molecule has 3 aromatic rings. The van der Waals surface area contributed by atoms with Crippen LogP contribution in [0.3, 0.4) is 0 Å². The highest BCUT2D eigenvalue weighted by atomic mass is 32.1. The summed E-state index contributed by atoms with van der Waals surface area (Å²) in [5.41, 5.74) is 3.84. The first-order valence-corrected chi connectivity index (χ1v) is 8.76. The van der Waals surface area contributed by atoms with Gasteiger partial charge in [-0.1, -0.05) is 42.0 Å². The molecule has 1 aromatic heterocycles. The summed E-state index contributed by atoms with van der Waals surface area (Å²) in [5.74, 6) is -0.251. The summed E-state index contributed by atoms with van der Waals surface area (Å²) in [7, 11) is 0. The lowest BCUT2D eigenvalue weighted by atomic mass is 10.1. The number of carbonyl (C=O) groups is 1. The van der Waals surface area contributed by atoms with Crippen molar-refractivity contribution in [3.8, 4) is 0 Å². The summed E-state index contributed by atoms with van der Waals surface area (Å²) < 4.78 is 5.72. The topological polar surface area (TPSA) is 29.5 Å². The summed E-state index contributed by atoms with van der Waals surface area (Å²) in [6.07, 6.45) is -0.390. The molecule has 1 aliphatic rings. The van der Waals surface area contributed by atoms with E-state index in [-0.39, 0.29) is 5.97 Å². The van der Waals surface area contributed by atoms with Crippen LogP contribution in [0.25, 0.3) is 0 Å². The molecule has 120 valence electrons. The highest BCUT2D eigenvalue weighted by molar-refractivity contribution is 7.09. The predicted octanol–water partition coefficient (Wildman–Crippen LogP) is 4.93. The maximum absolute atomic E-state index is 12.2. The van der Waals surface area contributed by atoms with E-state index in [1.54, 1.807) is 11.3 Å². The van der Waals surface area contributed by atoms with Gasteiger partial charge in [0.25, 0.3) is 0 Å². The second-order valence-corrected chi connectivity index (χ2v) is 6.92. The van der Waals surface area contributed by atoms with Gasteiger partial charge in [-0.3, -0.25) is 0 Å². The fourth-order valence-electron chi connectivity index (χ4n) is 2.97. The molecule has 0 amide bonds. The van der Waals surface area contributed by atoms with Crippen molar-refractivity contribution < 1.29 is 9.53 Å². The first-order valence-electron chi connectivity index (χ1n) is 7.88. The van der Waals surface area contributed by atoms with Crippen molar-refractivity contribution >= 4 is 23.0 Å². The maximum Gasteiger partial charge on any atom is 0.340 e. The van der Waals surface area contributed by atoms with Gasteiger partial charge < -0.3 is 9.64 Å². The number of thiophene rings is 1. The van der Waals surface area contributed by atoms with Crippen molar-refractivity contribution in [3.05, 3.63) is 87.6 Å². The summed E-state index contributed by atoms with van der Waals surface area (Å²) in [6, 6.07) is 20.1. The molecule has 1 atom stereocenters. The molecule has 0 saturated heterocycles. The number of aryl methyl sites for hydroxylation is 1. The largest absolute Gasteiger partial charge is 0.434 e. The lowest BCUT2D eigenvalue weighted by Gasteiger charge is -2.30. The standard InChI is InChI=1S/C20H17NO2S/c1-14-8-10-15(11-9-14)21(13-16-5-4-12-24-16)19-17-6-2-3-7-18(17)20(22)23-19/h2-12,19H,13H2,1H3. The minimum atomic E-state index is -0.390. The summed E-state index contributed by atoms with van der Waals surface area (Å²) in [5, 5.41) is 2.07. The Morgan fingerprint density at radius 2 is 1.83 bits per heavy atom. The molecule has 0 N–H and O–H groups in total. The zero-order chi connectivity index (χ0) is 16.5. The number of nitrogens with zero attached hydrogens (tertiary/aromatic N) is 1. The third-order valence-corrected chi connectivity index (χ3v) is 5.08. The number of ether oxygens (including phenoxy) is 1. The SMILES string of the molecule is Cc1ccc(N(Cc2cccs2)C2OC(=O)c3ccccc32)cc1. The second kappa shape index (κ2) is 6.13. The Labute approximate surface area is 145 Å². The van der Waals surface area contributed by atoms with E-state index < -0.39 is 6.23 Å². The van der Waals surface area contributed by atoms with Crippen LogP contribution in [0.1, 0.15) is 32.6 Å². The van der Waals surface area contributed by atoms with Gasteiger partial charge in [0.1, 0.15) is 0 Å². The number of carbonyl (C=O) groups excluding carboxylic acids is 1. The average Bonchev–Trinajstić information content (AvgIpc) is 3.22. The van der Waals surface area contributed by atoms with E-state index in [2.05, 4.69) is 47.5 Å². The van der Waals surface area contributed by atoms with Gasteiger partial charge in [-0.05, 0) is 36.6 Å². The van der Waals surface area contributed by atoms with Crippen LogP contribution in [0.2, 0.25) is 0 Å². The van der Waals surface area contributed by atoms with E-state index in [0.29, 0.717) is 12.1 Å². The van der Waals surface area contributed by atoms with E-state index in [9.17, 15) is 4.79 Å². The molecule has 2 heterocycles. The number of benzene rings is 2. The number of cyclic esters (lactones) is 1. The second-order valence-electron chi connectivity index (χ2n) is 5.89. The number of esters is 1. The number of hydrogen-bond acceptors (Lipinski definition) is 4. The van der Waals surface area contributed by atoms with Crippen LogP contribution in [0.5, 0.6) is 0 Å². The number of fused-ring (bicyclic) bond motifs is 1. The highest BCUT2D eigenvalue weighted by Crippen LogP contribution is 2.37. The van der Waals surface area contributed by atoms with Crippen LogP contribution >= 0.6 is 11.3 Å². The first-order chi connectivity index (χ1) is 11.7. The number of hydrogen-bond donors (Lipinski definition) is 0. The number of rotatable bonds is 4. The third-order valence-electron chi connectivity index (χ3n) is 4.22. The maximum atomic E-state index is 12.2.